The molecule has 10 heteroatoms. The quantitative estimate of drug-likeness (QED) is 0.0212. The minimum Gasteiger partial charge on any atom is -0.756 e. The smallest absolute Gasteiger partial charge is 0.306 e. The first-order valence-electron chi connectivity index (χ1n) is 36.6. The van der Waals surface area contributed by atoms with Gasteiger partial charge in [-0.2, -0.15) is 0 Å². The molecule has 3 atom stereocenters. The second kappa shape index (κ2) is 64.7. The van der Waals surface area contributed by atoms with Crippen LogP contribution in [0.1, 0.15) is 355 Å². The second-order valence-corrected chi connectivity index (χ2v) is 27.5. The Balaban J connectivity index is 4.98. The van der Waals surface area contributed by atoms with Crippen molar-refractivity contribution in [1.82, 2.24) is 5.32 Å². The average Bonchev–Trinajstić information content (AvgIpc) is 3.63. The molecule has 0 radical (unpaired) electrons. The molecule has 85 heavy (non-hydrogen) atoms. The largest absolute Gasteiger partial charge is 0.756 e. The standard InChI is InChI=1S/C75H141N2O7P/c1-7-10-13-16-19-22-25-27-29-31-33-35-36-37-38-39-40-42-43-45-47-49-52-55-58-61-64-67-74(78)76-72(71-83-85(80,81)82-70-69-77(4,5)6)73(66-63-60-57-54-51-24-21-18-15-12-9-3)84-75(79)68-65-62-59-56-53-50-48-46-44-41-34-32-30-28-26-23-20-17-14-11-8-2/h20,23,28,30,34,41,46,48,63,66,72-73H,7-19,21-22,24-27,29,31-33,35-40,42-45,47,49-62,64-65,67-71H2,1-6H3,(H-,76,78,80,81)/b23-20-,30-28-,41-34-,48-46-,66-63+. The minimum atomic E-state index is -4.71. The van der Waals surface area contributed by atoms with Gasteiger partial charge < -0.3 is 28.5 Å². The summed E-state index contributed by atoms with van der Waals surface area (Å²) in [6.45, 7) is 6.84. The number of allylic oxidation sites excluding steroid dienone is 9. The molecule has 0 aliphatic rings. The van der Waals surface area contributed by atoms with Gasteiger partial charge in [0.25, 0.3) is 7.82 Å². The molecular formula is C75H141N2O7P. The van der Waals surface area contributed by atoms with Gasteiger partial charge in [0.1, 0.15) is 19.3 Å². The van der Waals surface area contributed by atoms with Crippen LogP contribution in [0.3, 0.4) is 0 Å². The third-order valence-corrected chi connectivity index (χ3v) is 17.4. The van der Waals surface area contributed by atoms with Gasteiger partial charge in [-0.3, -0.25) is 14.2 Å². The van der Waals surface area contributed by atoms with Gasteiger partial charge in [0.15, 0.2) is 0 Å². The van der Waals surface area contributed by atoms with E-state index in [0.717, 1.165) is 89.9 Å². The first kappa shape index (κ1) is 82.7. The van der Waals surface area contributed by atoms with Crippen LogP contribution in [-0.4, -0.2) is 69.4 Å². The number of nitrogens with zero attached hydrogens (tertiary/aromatic N) is 1. The number of carbonyl (C=O) groups excluding carboxylic acids is 2. The predicted octanol–water partition coefficient (Wildman–Crippen LogP) is 22.7. The first-order valence-corrected chi connectivity index (χ1v) is 38.1. The van der Waals surface area contributed by atoms with Gasteiger partial charge in [-0.05, 0) is 76.7 Å². The summed E-state index contributed by atoms with van der Waals surface area (Å²) < 4.78 is 30.4. The van der Waals surface area contributed by atoms with Crippen molar-refractivity contribution in [3.63, 3.8) is 0 Å². The van der Waals surface area contributed by atoms with Gasteiger partial charge in [-0.15, -0.1) is 0 Å². The van der Waals surface area contributed by atoms with Crippen molar-refractivity contribution in [3.05, 3.63) is 60.8 Å². The average molecular weight is 1210 g/mol. The predicted molar refractivity (Wildman–Crippen MR) is 367 cm³/mol. The van der Waals surface area contributed by atoms with Crippen molar-refractivity contribution < 1.29 is 37.3 Å². The molecule has 0 rings (SSSR count). The summed E-state index contributed by atoms with van der Waals surface area (Å²) in [4.78, 5) is 40.2. The monoisotopic (exact) mass is 1210 g/mol. The maximum Gasteiger partial charge on any atom is 0.306 e. The maximum atomic E-state index is 13.6. The van der Waals surface area contributed by atoms with Crippen molar-refractivity contribution in [2.75, 3.05) is 40.9 Å². The number of hydrogen-bond acceptors (Lipinski definition) is 7. The molecule has 0 aromatic carbocycles. The molecule has 3 unspecified atom stereocenters. The Bertz CT molecular complexity index is 1640. The van der Waals surface area contributed by atoms with E-state index in [4.69, 9.17) is 13.8 Å². The number of ether oxygens (including phenoxy) is 1. The van der Waals surface area contributed by atoms with Crippen molar-refractivity contribution in [1.29, 1.82) is 0 Å². The van der Waals surface area contributed by atoms with E-state index in [1.807, 2.05) is 33.3 Å². The van der Waals surface area contributed by atoms with Crippen LogP contribution in [0.2, 0.25) is 0 Å². The third kappa shape index (κ3) is 66.0. The highest BCUT2D eigenvalue weighted by molar-refractivity contribution is 7.45. The van der Waals surface area contributed by atoms with Crippen molar-refractivity contribution in [2.24, 2.45) is 0 Å². The Labute approximate surface area is 528 Å². The molecule has 0 aromatic rings. The van der Waals surface area contributed by atoms with Gasteiger partial charge in [0, 0.05) is 12.8 Å². The highest BCUT2D eigenvalue weighted by Gasteiger charge is 2.27. The van der Waals surface area contributed by atoms with Gasteiger partial charge in [-0.1, -0.05) is 326 Å². The molecule has 1 amide bonds. The summed E-state index contributed by atoms with van der Waals surface area (Å²) in [5.41, 5.74) is 0. The Morgan fingerprint density at radius 3 is 1.09 bits per heavy atom. The number of unbranched alkanes of at least 4 members (excludes halogenated alkanes) is 43. The van der Waals surface area contributed by atoms with Gasteiger partial charge in [0.05, 0.1) is 33.8 Å². The van der Waals surface area contributed by atoms with E-state index in [-0.39, 0.29) is 24.9 Å². The van der Waals surface area contributed by atoms with E-state index in [1.54, 1.807) is 0 Å². The summed E-state index contributed by atoms with van der Waals surface area (Å²) in [5.74, 6) is -0.549. The van der Waals surface area contributed by atoms with E-state index in [2.05, 4.69) is 74.7 Å². The number of quaternary nitrogens is 1. The van der Waals surface area contributed by atoms with Crippen LogP contribution in [0.5, 0.6) is 0 Å². The van der Waals surface area contributed by atoms with Gasteiger partial charge in [-0.25, -0.2) is 0 Å². The first-order chi connectivity index (χ1) is 41.4. The summed E-state index contributed by atoms with van der Waals surface area (Å²) in [6, 6.07) is -0.897. The molecule has 498 valence electrons. The Morgan fingerprint density at radius 2 is 0.718 bits per heavy atom. The van der Waals surface area contributed by atoms with Crippen LogP contribution in [0.25, 0.3) is 0 Å². The van der Waals surface area contributed by atoms with Crippen LogP contribution in [0.4, 0.5) is 0 Å². The number of phosphoric ester groups is 1. The molecule has 9 nitrogen and oxygen atoms in total. The SMILES string of the molecule is CCCCC/C=C\C/C=C\C/C=C\C/C=C\CCCCCCCC(=O)OC(/C=C/CCCCCCCCCCC)C(COP(=O)([O-])OCC[N+](C)(C)C)NC(=O)CCCCCCCCCCCCCCCCCCCCCCCCCCCCC. The van der Waals surface area contributed by atoms with E-state index in [0.29, 0.717) is 23.9 Å². The highest BCUT2D eigenvalue weighted by atomic mass is 31.2. The lowest BCUT2D eigenvalue weighted by molar-refractivity contribution is -0.870. The molecule has 1 N–H and O–H groups in total. The molecule has 0 saturated carbocycles. The minimum absolute atomic E-state index is 0.0253. The van der Waals surface area contributed by atoms with E-state index >= 15 is 0 Å². The van der Waals surface area contributed by atoms with E-state index in [1.165, 1.54) is 225 Å². The summed E-state index contributed by atoms with van der Waals surface area (Å²) >= 11 is 0. The lowest BCUT2D eigenvalue weighted by Gasteiger charge is -2.30. The highest BCUT2D eigenvalue weighted by Crippen LogP contribution is 2.38. The molecular weight excluding hydrogens is 1070 g/mol. The lowest BCUT2D eigenvalue weighted by Crippen LogP contribution is -2.47. The third-order valence-electron chi connectivity index (χ3n) is 16.5. The number of amides is 1. The number of esters is 1. The van der Waals surface area contributed by atoms with E-state index < -0.39 is 26.6 Å². The van der Waals surface area contributed by atoms with Crippen LogP contribution in [-0.2, 0) is 27.9 Å². The molecule has 0 spiro atoms. The van der Waals surface area contributed by atoms with Crippen LogP contribution in [0.15, 0.2) is 60.8 Å². The summed E-state index contributed by atoms with van der Waals surface area (Å²) in [5, 5.41) is 3.04. The topological polar surface area (TPSA) is 114 Å². The zero-order valence-corrected chi connectivity index (χ0v) is 58.0. The number of carbonyl (C=O) groups is 2. The molecule has 0 heterocycles. The zero-order valence-electron chi connectivity index (χ0n) is 57.1. The molecule has 0 aliphatic carbocycles. The van der Waals surface area contributed by atoms with Crippen molar-refractivity contribution >= 4 is 19.7 Å². The molecule has 0 aromatic heterocycles. The summed E-state index contributed by atoms with van der Waals surface area (Å²) in [6.07, 6.45) is 83.6. The number of phosphoric acid groups is 1. The van der Waals surface area contributed by atoms with Gasteiger partial charge in [0.2, 0.25) is 5.91 Å². The maximum absolute atomic E-state index is 13.6. The fraction of sp³-hybridized carbons (Fsp3) is 0.840. The molecule has 0 bridgehead atoms. The molecule has 0 saturated heterocycles. The molecule has 0 fully saturated rings. The fourth-order valence-electron chi connectivity index (χ4n) is 10.8. The number of likely N-dealkylation sites (N-methyl/N-ethyl adjacent to an activating group) is 1. The van der Waals surface area contributed by atoms with E-state index in [9.17, 15) is 19.0 Å². The van der Waals surface area contributed by atoms with Gasteiger partial charge >= 0.3 is 5.97 Å². The Kier molecular flexibility index (Phi) is 62.9. The number of rotatable bonds is 67. The zero-order chi connectivity index (χ0) is 62.1. The normalized spacial score (nSPS) is 13.8. The number of nitrogens with one attached hydrogen (secondary N) is 1. The number of hydrogen-bond donors (Lipinski definition) is 1. The van der Waals surface area contributed by atoms with Crippen LogP contribution < -0.4 is 10.2 Å². The molecule has 0 aliphatic heterocycles. The van der Waals surface area contributed by atoms with Crippen LogP contribution in [0, 0.1) is 0 Å². The Hall–Kier alpha value is -2.29. The second-order valence-electron chi connectivity index (χ2n) is 26.1. The fourth-order valence-corrected chi connectivity index (χ4v) is 11.5. The van der Waals surface area contributed by atoms with Crippen molar-refractivity contribution in [3.8, 4) is 0 Å². The van der Waals surface area contributed by atoms with Crippen molar-refractivity contribution in [2.45, 2.75) is 367 Å². The Morgan fingerprint density at radius 1 is 0.412 bits per heavy atom. The summed E-state index contributed by atoms with van der Waals surface area (Å²) in [7, 11) is 1.18. The van der Waals surface area contributed by atoms with Crippen LogP contribution >= 0.6 is 7.82 Å². The lowest BCUT2D eigenvalue weighted by atomic mass is 10.0.